The van der Waals surface area contributed by atoms with Gasteiger partial charge in [-0.05, 0) is 17.7 Å². The van der Waals surface area contributed by atoms with Gasteiger partial charge < -0.3 is 15.3 Å². The second-order valence-electron chi connectivity index (χ2n) is 3.53. The van der Waals surface area contributed by atoms with Gasteiger partial charge >= 0.3 is 5.97 Å². The van der Waals surface area contributed by atoms with Crippen molar-refractivity contribution in [1.29, 1.82) is 0 Å². The van der Waals surface area contributed by atoms with E-state index in [1.54, 1.807) is 24.3 Å². The summed E-state index contributed by atoms with van der Waals surface area (Å²) in [5.74, 6) is -2.24. The van der Waals surface area contributed by atoms with Crippen molar-refractivity contribution in [3.8, 4) is 22.6 Å². The zero-order chi connectivity index (χ0) is 12.4. The second kappa shape index (κ2) is 4.17. The van der Waals surface area contributed by atoms with Crippen molar-refractivity contribution >= 4 is 5.97 Å². The number of carboxylic acid groups (broad SMARTS) is 1. The van der Waals surface area contributed by atoms with Gasteiger partial charge in [0.2, 0.25) is 0 Å². The van der Waals surface area contributed by atoms with E-state index in [2.05, 4.69) is 0 Å². The molecule has 2 aromatic rings. The van der Waals surface area contributed by atoms with Crippen molar-refractivity contribution in [1.82, 2.24) is 0 Å². The first kappa shape index (κ1) is 11.0. The van der Waals surface area contributed by atoms with Gasteiger partial charge in [0.25, 0.3) is 0 Å². The molecule has 86 valence electrons. The van der Waals surface area contributed by atoms with Gasteiger partial charge in [-0.3, -0.25) is 0 Å². The summed E-state index contributed by atoms with van der Waals surface area (Å²) < 4.78 is 0. The molecule has 3 N–H and O–H groups in total. The Kier molecular flexibility index (Phi) is 2.70. The summed E-state index contributed by atoms with van der Waals surface area (Å²) >= 11 is 0. The Labute approximate surface area is 97.4 Å². The molecule has 2 aromatic carbocycles. The molecule has 0 spiro atoms. The molecule has 2 rings (SSSR count). The lowest BCUT2D eigenvalue weighted by Gasteiger charge is -2.08. The highest BCUT2D eigenvalue weighted by Crippen LogP contribution is 2.36. The molecular weight excluding hydrogens is 220 g/mol. The predicted molar refractivity (Wildman–Crippen MR) is 62.2 cm³/mol. The van der Waals surface area contributed by atoms with Crippen molar-refractivity contribution in [2.75, 3.05) is 0 Å². The van der Waals surface area contributed by atoms with Gasteiger partial charge in [-0.1, -0.05) is 30.3 Å². The maximum Gasteiger partial charge on any atom is 0.343 e. The Morgan fingerprint density at radius 1 is 0.941 bits per heavy atom. The molecule has 0 aliphatic heterocycles. The van der Waals surface area contributed by atoms with E-state index < -0.39 is 23.0 Å². The van der Waals surface area contributed by atoms with Gasteiger partial charge in [0, 0.05) is 5.56 Å². The molecule has 0 fully saturated rings. The van der Waals surface area contributed by atoms with Crippen LogP contribution >= 0.6 is 0 Å². The van der Waals surface area contributed by atoms with Crippen LogP contribution in [0, 0.1) is 0 Å². The minimum absolute atomic E-state index is 0.376. The van der Waals surface area contributed by atoms with Gasteiger partial charge in [-0.15, -0.1) is 0 Å². The van der Waals surface area contributed by atoms with Crippen LogP contribution in [-0.4, -0.2) is 21.3 Å². The number of aromatic carboxylic acids is 1. The molecule has 0 saturated carbocycles. The standard InChI is InChI=1S/C13H10O4/c14-10-7-6-9(8-4-2-1-3-5-8)12(15)11(10)13(16)17/h1-7,14-15H,(H,16,17). The van der Waals surface area contributed by atoms with E-state index in [-0.39, 0.29) is 0 Å². The second-order valence-corrected chi connectivity index (χ2v) is 3.53. The third-order valence-electron chi connectivity index (χ3n) is 2.45. The Balaban J connectivity index is 2.66. The largest absolute Gasteiger partial charge is 0.507 e. The number of aromatic hydroxyl groups is 2. The first-order chi connectivity index (χ1) is 8.11. The molecule has 0 unspecified atom stereocenters. The van der Waals surface area contributed by atoms with Crippen LogP contribution in [0.4, 0.5) is 0 Å². The van der Waals surface area contributed by atoms with Crippen molar-refractivity contribution in [3.63, 3.8) is 0 Å². The highest BCUT2D eigenvalue weighted by molar-refractivity contribution is 5.97. The van der Waals surface area contributed by atoms with Gasteiger partial charge in [-0.2, -0.15) is 0 Å². The molecular formula is C13H10O4. The zero-order valence-corrected chi connectivity index (χ0v) is 8.79. The number of rotatable bonds is 2. The third-order valence-corrected chi connectivity index (χ3v) is 2.45. The number of carbonyl (C=O) groups is 1. The molecule has 0 aliphatic rings. The Bertz CT molecular complexity index is 561. The fourth-order valence-electron chi connectivity index (χ4n) is 1.64. The molecule has 0 aromatic heterocycles. The van der Waals surface area contributed by atoms with Crippen LogP contribution in [0.25, 0.3) is 11.1 Å². The summed E-state index contributed by atoms with van der Waals surface area (Å²) in [6, 6.07) is 11.6. The molecule has 4 heteroatoms. The summed E-state index contributed by atoms with van der Waals surface area (Å²) in [4.78, 5) is 10.9. The molecule has 0 bridgehead atoms. The monoisotopic (exact) mass is 230 g/mol. The van der Waals surface area contributed by atoms with Crippen LogP contribution in [0.5, 0.6) is 11.5 Å². The highest BCUT2D eigenvalue weighted by Gasteiger charge is 2.19. The normalized spacial score (nSPS) is 10.1. The molecule has 0 atom stereocenters. The van der Waals surface area contributed by atoms with Crippen LogP contribution in [-0.2, 0) is 0 Å². The van der Waals surface area contributed by atoms with E-state index in [0.717, 1.165) is 0 Å². The average molecular weight is 230 g/mol. The highest BCUT2D eigenvalue weighted by atomic mass is 16.4. The van der Waals surface area contributed by atoms with E-state index >= 15 is 0 Å². The van der Waals surface area contributed by atoms with Gasteiger partial charge in [-0.25, -0.2) is 4.79 Å². The molecule has 17 heavy (non-hydrogen) atoms. The lowest BCUT2D eigenvalue weighted by atomic mass is 10.0. The summed E-state index contributed by atoms with van der Waals surface area (Å²) in [6.07, 6.45) is 0. The summed E-state index contributed by atoms with van der Waals surface area (Å²) in [6.45, 7) is 0. The quantitative estimate of drug-likeness (QED) is 0.740. The fraction of sp³-hybridized carbons (Fsp3) is 0. The van der Waals surface area contributed by atoms with Gasteiger partial charge in [0.15, 0.2) is 0 Å². The third kappa shape index (κ3) is 1.92. The van der Waals surface area contributed by atoms with Crippen molar-refractivity contribution < 1.29 is 20.1 Å². The van der Waals surface area contributed by atoms with E-state index in [1.807, 2.05) is 6.07 Å². The van der Waals surface area contributed by atoms with Crippen molar-refractivity contribution in [2.45, 2.75) is 0 Å². The van der Waals surface area contributed by atoms with E-state index in [4.69, 9.17) is 5.11 Å². The molecule has 0 saturated heterocycles. The Hall–Kier alpha value is -2.49. The average Bonchev–Trinajstić information content (AvgIpc) is 2.30. The SMILES string of the molecule is O=C(O)c1c(O)ccc(-c2ccccc2)c1O. The topological polar surface area (TPSA) is 77.8 Å². The van der Waals surface area contributed by atoms with Crippen LogP contribution in [0.1, 0.15) is 10.4 Å². The van der Waals surface area contributed by atoms with Crippen LogP contribution in [0.3, 0.4) is 0 Å². The number of phenols is 2. The van der Waals surface area contributed by atoms with Crippen molar-refractivity contribution in [2.24, 2.45) is 0 Å². The lowest BCUT2D eigenvalue weighted by Crippen LogP contribution is -1.98. The summed E-state index contributed by atoms with van der Waals surface area (Å²) in [5.41, 5.74) is 0.583. The van der Waals surface area contributed by atoms with Crippen molar-refractivity contribution in [3.05, 3.63) is 48.0 Å². The van der Waals surface area contributed by atoms with E-state index in [0.29, 0.717) is 11.1 Å². The fourth-order valence-corrected chi connectivity index (χ4v) is 1.64. The first-order valence-corrected chi connectivity index (χ1v) is 4.95. The number of carboxylic acids is 1. The first-order valence-electron chi connectivity index (χ1n) is 4.95. The smallest absolute Gasteiger partial charge is 0.343 e. The van der Waals surface area contributed by atoms with Crippen LogP contribution < -0.4 is 0 Å². The predicted octanol–water partition coefficient (Wildman–Crippen LogP) is 2.46. The molecule has 0 amide bonds. The number of benzene rings is 2. The Morgan fingerprint density at radius 3 is 2.18 bits per heavy atom. The Morgan fingerprint density at radius 2 is 1.59 bits per heavy atom. The lowest BCUT2D eigenvalue weighted by molar-refractivity contribution is 0.0690. The molecule has 0 radical (unpaired) electrons. The molecule has 0 heterocycles. The minimum Gasteiger partial charge on any atom is -0.507 e. The van der Waals surface area contributed by atoms with E-state index in [1.165, 1.54) is 12.1 Å². The van der Waals surface area contributed by atoms with Crippen LogP contribution in [0.2, 0.25) is 0 Å². The maximum absolute atomic E-state index is 10.9. The van der Waals surface area contributed by atoms with E-state index in [9.17, 15) is 15.0 Å². The minimum atomic E-state index is -1.36. The maximum atomic E-state index is 10.9. The van der Waals surface area contributed by atoms with Gasteiger partial charge in [0.1, 0.15) is 17.1 Å². The molecule has 4 nitrogen and oxygen atoms in total. The van der Waals surface area contributed by atoms with Crippen LogP contribution in [0.15, 0.2) is 42.5 Å². The number of hydrogen-bond acceptors (Lipinski definition) is 3. The zero-order valence-electron chi connectivity index (χ0n) is 8.79. The number of hydrogen-bond donors (Lipinski definition) is 3. The summed E-state index contributed by atoms with van der Waals surface area (Å²) in [7, 11) is 0. The summed E-state index contributed by atoms with van der Waals surface area (Å²) in [5, 5.41) is 28.1. The molecule has 0 aliphatic carbocycles. The van der Waals surface area contributed by atoms with Gasteiger partial charge in [0.05, 0.1) is 0 Å².